The molecule has 0 bridgehead atoms. The second kappa shape index (κ2) is 7.38. The van der Waals surface area contributed by atoms with Gasteiger partial charge in [-0.15, -0.1) is 0 Å². The Balaban J connectivity index is 1.75. The van der Waals surface area contributed by atoms with E-state index < -0.39 is 17.9 Å². The van der Waals surface area contributed by atoms with Crippen molar-refractivity contribution in [1.29, 1.82) is 0 Å². The van der Waals surface area contributed by atoms with E-state index in [2.05, 4.69) is 5.32 Å². The lowest BCUT2D eigenvalue weighted by Gasteiger charge is -2.32. The highest BCUT2D eigenvalue weighted by Gasteiger charge is 2.41. The number of halogens is 5. The van der Waals surface area contributed by atoms with Crippen molar-refractivity contribution < 1.29 is 22.4 Å². The van der Waals surface area contributed by atoms with Gasteiger partial charge in [0.2, 0.25) is 0 Å². The number of hydrogen-bond donors (Lipinski definition) is 1. The maximum atomic E-state index is 12.9. The molecule has 1 aromatic carbocycles. The Morgan fingerprint density at radius 3 is 2.52 bits per heavy atom. The van der Waals surface area contributed by atoms with Crippen LogP contribution in [-0.4, -0.2) is 36.7 Å². The highest BCUT2D eigenvalue weighted by Crippen LogP contribution is 2.34. The average molecular weight is 353 g/mol. The average Bonchev–Trinajstić information content (AvgIpc) is 2.48. The predicted octanol–water partition coefficient (Wildman–Crippen LogP) is 4.01. The minimum atomic E-state index is -4.19. The number of carbonyl (C=O) groups is 1. The van der Waals surface area contributed by atoms with Gasteiger partial charge < -0.3 is 10.2 Å². The van der Waals surface area contributed by atoms with Gasteiger partial charge in [0.15, 0.2) is 0 Å². The fraction of sp³-hybridized carbons (Fsp3) is 0.533. The van der Waals surface area contributed by atoms with E-state index >= 15 is 0 Å². The van der Waals surface area contributed by atoms with Crippen LogP contribution in [0.2, 0.25) is 5.02 Å². The van der Waals surface area contributed by atoms with Gasteiger partial charge in [-0.25, -0.2) is 9.18 Å². The normalized spacial score (nSPS) is 16.5. The molecule has 1 aliphatic rings. The molecule has 1 fully saturated rings. The van der Waals surface area contributed by atoms with Crippen molar-refractivity contribution >= 4 is 17.6 Å². The number of rotatable bonds is 3. The topological polar surface area (TPSA) is 32.3 Å². The Morgan fingerprint density at radius 2 is 1.96 bits per heavy atom. The lowest BCUT2D eigenvalue weighted by Crippen LogP contribution is -2.46. The summed E-state index contributed by atoms with van der Waals surface area (Å²) < 4.78 is 50.6. The molecule has 0 unspecified atom stereocenters. The van der Waals surface area contributed by atoms with E-state index in [1.54, 1.807) is 6.07 Å². The molecule has 128 valence electrons. The summed E-state index contributed by atoms with van der Waals surface area (Å²) in [6.07, 6.45) is -3.91. The smallest absolute Gasteiger partial charge is 0.338 e. The molecule has 1 aliphatic heterocycles. The number of carbonyl (C=O) groups excluding carboxylic acids is 1. The fourth-order valence-corrected chi connectivity index (χ4v) is 2.81. The molecule has 1 aromatic rings. The Morgan fingerprint density at radius 1 is 1.30 bits per heavy atom. The zero-order valence-corrected chi connectivity index (χ0v) is 13.1. The molecule has 0 aromatic heterocycles. The van der Waals surface area contributed by atoms with Crippen LogP contribution in [-0.2, 0) is 6.42 Å². The van der Waals surface area contributed by atoms with E-state index in [9.17, 15) is 22.4 Å². The summed E-state index contributed by atoms with van der Waals surface area (Å²) in [4.78, 5) is 13.3. The molecule has 0 radical (unpaired) electrons. The van der Waals surface area contributed by atoms with E-state index in [0.29, 0.717) is 12.0 Å². The molecule has 3 nitrogen and oxygen atoms in total. The van der Waals surface area contributed by atoms with Gasteiger partial charge in [-0.3, -0.25) is 0 Å². The molecule has 8 heteroatoms. The van der Waals surface area contributed by atoms with Crippen molar-refractivity contribution in [3.63, 3.8) is 0 Å². The maximum Gasteiger partial charge on any atom is 0.391 e. The van der Waals surface area contributed by atoms with Crippen LogP contribution in [0.5, 0.6) is 0 Å². The number of hydrogen-bond acceptors (Lipinski definition) is 1. The number of urea groups is 1. The van der Waals surface area contributed by atoms with Gasteiger partial charge in [0.05, 0.1) is 5.92 Å². The highest BCUT2D eigenvalue weighted by molar-refractivity contribution is 6.31. The molecule has 2 rings (SSSR count). The van der Waals surface area contributed by atoms with Crippen molar-refractivity contribution in [2.45, 2.75) is 25.4 Å². The molecule has 0 saturated carbocycles. The Bertz CT molecular complexity index is 557. The van der Waals surface area contributed by atoms with Gasteiger partial charge in [-0.05, 0) is 37.0 Å². The van der Waals surface area contributed by atoms with Crippen molar-refractivity contribution in [2.24, 2.45) is 5.92 Å². The number of benzene rings is 1. The van der Waals surface area contributed by atoms with Gasteiger partial charge in [0.25, 0.3) is 0 Å². The van der Waals surface area contributed by atoms with Crippen LogP contribution in [0.3, 0.4) is 0 Å². The molecule has 1 heterocycles. The zero-order valence-electron chi connectivity index (χ0n) is 12.3. The van der Waals surface area contributed by atoms with Crippen LogP contribution < -0.4 is 5.32 Å². The zero-order chi connectivity index (χ0) is 17.0. The number of nitrogens with zero attached hydrogens (tertiary/aromatic N) is 1. The van der Waals surface area contributed by atoms with Crippen molar-refractivity contribution in [1.82, 2.24) is 10.2 Å². The van der Waals surface area contributed by atoms with Crippen LogP contribution >= 0.6 is 11.6 Å². The summed E-state index contributed by atoms with van der Waals surface area (Å²) in [5.74, 6) is -1.76. The highest BCUT2D eigenvalue weighted by atomic mass is 35.5. The molecular formula is C15H17ClF4N2O. The third-order valence-electron chi connectivity index (χ3n) is 3.93. The second-order valence-electron chi connectivity index (χ2n) is 5.52. The first-order chi connectivity index (χ1) is 10.8. The minimum absolute atomic E-state index is 0.0687. The number of amides is 2. The van der Waals surface area contributed by atoms with Gasteiger partial charge in [-0.2, -0.15) is 13.2 Å². The summed E-state index contributed by atoms with van der Waals surface area (Å²) in [7, 11) is 0. The largest absolute Gasteiger partial charge is 0.391 e. The quantitative estimate of drug-likeness (QED) is 0.819. The molecular weight excluding hydrogens is 336 g/mol. The van der Waals surface area contributed by atoms with Crippen molar-refractivity contribution in [3.05, 3.63) is 34.6 Å². The minimum Gasteiger partial charge on any atom is -0.338 e. The van der Waals surface area contributed by atoms with E-state index in [0.717, 1.165) is 0 Å². The third kappa shape index (κ3) is 4.99. The molecule has 0 atom stereocenters. The van der Waals surface area contributed by atoms with Gasteiger partial charge in [-0.1, -0.05) is 17.7 Å². The molecule has 23 heavy (non-hydrogen) atoms. The maximum absolute atomic E-state index is 12.9. The van der Waals surface area contributed by atoms with Gasteiger partial charge in [0.1, 0.15) is 5.82 Å². The second-order valence-corrected chi connectivity index (χ2v) is 5.93. The Kier molecular flexibility index (Phi) is 5.73. The standard InChI is InChI=1S/C15H17ClF4N2O/c16-13-9-12(17)2-1-10(13)3-6-21-14(23)22-7-4-11(5-8-22)15(18,19)20/h1-2,9,11H,3-8H2,(H,21,23). The van der Waals surface area contributed by atoms with Gasteiger partial charge in [0, 0.05) is 24.7 Å². The van der Waals surface area contributed by atoms with Crippen molar-refractivity contribution in [2.75, 3.05) is 19.6 Å². The third-order valence-corrected chi connectivity index (χ3v) is 4.28. The van der Waals surface area contributed by atoms with E-state index in [-0.39, 0.29) is 43.5 Å². The lowest BCUT2D eigenvalue weighted by molar-refractivity contribution is -0.183. The molecule has 1 saturated heterocycles. The molecule has 0 aliphatic carbocycles. The van der Waals surface area contributed by atoms with Gasteiger partial charge >= 0.3 is 12.2 Å². The number of piperidine rings is 1. The van der Waals surface area contributed by atoms with E-state index in [1.807, 2.05) is 0 Å². The number of nitrogens with one attached hydrogen (secondary N) is 1. The Labute approximate surface area is 136 Å². The lowest BCUT2D eigenvalue weighted by atomic mass is 9.96. The first-order valence-electron chi connectivity index (χ1n) is 7.31. The number of likely N-dealkylation sites (tertiary alicyclic amines) is 1. The van der Waals surface area contributed by atoms with Crippen LogP contribution in [0.15, 0.2) is 18.2 Å². The first-order valence-corrected chi connectivity index (χ1v) is 7.68. The summed E-state index contributed by atoms with van der Waals surface area (Å²) in [5, 5.41) is 2.93. The molecule has 2 amide bonds. The summed E-state index contributed by atoms with van der Waals surface area (Å²) >= 11 is 5.88. The number of alkyl halides is 3. The summed E-state index contributed by atoms with van der Waals surface area (Å²) in [5.41, 5.74) is 0.698. The predicted molar refractivity (Wildman–Crippen MR) is 78.9 cm³/mol. The fourth-order valence-electron chi connectivity index (χ4n) is 2.55. The summed E-state index contributed by atoms with van der Waals surface area (Å²) in [6.45, 7) is 0.462. The van der Waals surface area contributed by atoms with Crippen LogP contribution in [0.1, 0.15) is 18.4 Å². The van der Waals surface area contributed by atoms with Crippen LogP contribution in [0.4, 0.5) is 22.4 Å². The summed E-state index contributed by atoms with van der Waals surface area (Å²) in [6, 6.07) is 3.63. The van der Waals surface area contributed by atoms with E-state index in [4.69, 9.17) is 11.6 Å². The Hall–Kier alpha value is -1.50. The SMILES string of the molecule is O=C(NCCc1ccc(F)cc1Cl)N1CCC(C(F)(F)F)CC1. The first kappa shape index (κ1) is 17.8. The van der Waals surface area contributed by atoms with Crippen LogP contribution in [0.25, 0.3) is 0 Å². The monoisotopic (exact) mass is 352 g/mol. The molecule has 0 spiro atoms. The van der Waals surface area contributed by atoms with E-state index in [1.165, 1.54) is 17.0 Å². The molecule has 1 N–H and O–H groups in total. The van der Waals surface area contributed by atoms with Crippen molar-refractivity contribution in [3.8, 4) is 0 Å². The van der Waals surface area contributed by atoms with Crippen LogP contribution in [0, 0.1) is 11.7 Å².